The Bertz CT molecular complexity index is 650. The van der Waals surface area contributed by atoms with Crippen molar-refractivity contribution in [2.24, 2.45) is 5.73 Å². The summed E-state index contributed by atoms with van der Waals surface area (Å²) in [7, 11) is 0. The number of thiocarbonyl (C=S) groups is 1. The fourth-order valence-electron chi connectivity index (χ4n) is 1.63. The Labute approximate surface area is 115 Å². The zero-order chi connectivity index (χ0) is 13.8. The second-order valence-electron chi connectivity index (χ2n) is 3.82. The first kappa shape index (κ1) is 13.2. The van der Waals surface area contributed by atoms with Gasteiger partial charge < -0.3 is 10.5 Å². The van der Waals surface area contributed by atoms with Gasteiger partial charge in [0.2, 0.25) is 0 Å². The van der Waals surface area contributed by atoms with Gasteiger partial charge in [0.1, 0.15) is 10.7 Å². The van der Waals surface area contributed by atoms with Crippen molar-refractivity contribution < 1.29 is 4.74 Å². The van der Waals surface area contributed by atoms with E-state index in [4.69, 9.17) is 22.7 Å². The Morgan fingerprint density at radius 3 is 2.68 bits per heavy atom. The molecule has 0 unspecified atom stereocenters. The fraction of sp³-hybridized carbons (Fsp3) is 0.154. The second kappa shape index (κ2) is 5.62. The summed E-state index contributed by atoms with van der Waals surface area (Å²) in [4.78, 5) is 11.5. The van der Waals surface area contributed by atoms with E-state index in [-0.39, 0.29) is 16.1 Å². The third-order valence-corrected chi connectivity index (χ3v) is 2.75. The zero-order valence-electron chi connectivity index (χ0n) is 10.3. The zero-order valence-corrected chi connectivity index (χ0v) is 11.2. The van der Waals surface area contributed by atoms with E-state index in [0.717, 1.165) is 11.3 Å². The Morgan fingerprint density at radius 2 is 2.11 bits per heavy atom. The lowest BCUT2D eigenvalue weighted by Crippen LogP contribution is -2.23. The minimum atomic E-state index is -0.387. The van der Waals surface area contributed by atoms with Crippen LogP contribution < -0.4 is 16.0 Å². The van der Waals surface area contributed by atoms with Gasteiger partial charge >= 0.3 is 0 Å². The minimum Gasteiger partial charge on any atom is -0.494 e. The molecule has 0 spiro atoms. The maximum absolute atomic E-state index is 11.5. The van der Waals surface area contributed by atoms with E-state index in [1.807, 2.05) is 31.2 Å². The van der Waals surface area contributed by atoms with Gasteiger partial charge in [-0.2, -0.15) is 5.10 Å². The Balaban J connectivity index is 2.39. The summed E-state index contributed by atoms with van der Waals surface area (Å²) in [6.45, 7) is 2.54. The van der Waals surface area contributed by atoms with Gasteiger partial charge in [-0.15, -0.1) is 0 Å². The monoisotopic (exact) mass is 275 g/mol. The number of ether oxygens (including phenoxy) is 1. The number of nitrogens with two attached hydrogens (primary N) is 1. The van der Waals surface area contributed by atoms with Gasteiger partial charge in [-0.05, 0) is 37.3 Å². The molecular formula is C13H13N3O2S. The Morgan fingerprint density at radius 1 is 1.42 bits per heavy atom. The predicted octanol–water partition coefficient (Wildman–Crippen LogP) is 1.47. The number of aromatic amines is 1. The molecule has 0 aliphatic rings. The van der Waals surface area contributed by atoms with Crippen LogP contribution in [0, 0.1) is 0 Å². The van der Waals surface area contributed by atoms with Crippen molar-refractivity contribution in [2.75, 3.05) is 6.61 Å². The summed E-state index contributed by atoms with van der Waals surface area (Å²) in [5, 5.41) is 6.36. The van der Waals surface area contributed by atoms with Crippen molar-refractivity contribution in [3.8, 4) is 17.0 Å². The Hall–Kier alpha value is -2.21. The molecule has 2 rings (SSSR count). The molecule has 1 aromatic heterocycles. The van der Waals surface area contributed by atoms with Gasteiger partial charge in [-0.1, -0.05) is 12.2 Å². The van der Waals surface area contributed by atoms with Crippen molar-refractivity contribution in [3.63, 3.8) is 0 Å². The van der Waals surface area contributed by atoms with E-state index in [1.165, 1.54) is 0 Å². The van der Waals surface area contributed by atoms with Crippen molar-refractivity contribution in [2.45, 2.75) is 6.92 Å². The molecular weight excluding hydrogens is 262 g/mol. The molecule has 1 aromatic carbocycles. The van der Waals surface area contributed by atoms with Crippen LogP contribution in [0.2, 0.25) is 0 Å². The van der Waals surface area contributed by atoms with E-state index >= 15 is 0 Å². The predicted molar refractivity (Wildman–Crippen MR) is 77.4 cm³/mol. The third kappa shape index (κ3) is 2.97. The first-order chi connectivity index (χ1) is 9.11. The molecule has 0 saturated heterocycles. The fourth-order valence-corrected chi connectivity index (χ4v) is 1.78. The maximum atomic E-state index is 11.5. The standard InChI is InChI=1S/C13H13N3O2S/c1-2-18-9-5-3-8(4-6-9)11-7-10(12(14)19)13(17)16-15-11/h3-7H,2H2,1H3,(H2,14,19)(H,16,17). The summed E-state index contributed by atoms with van der Waals surface area (Å²) in [5.41, 5.74) is 6.81. The summed E-state index contributed by atoms with van der Waals surface area (Å²) in [6, 6.07) is 8.97. The first-order valence-corrected chi connectivity index (χ1v) is 6.15. The number of benzene rings is 1. The topological polar surface area (TPSA) is 81.0 Å². The van der Waals surface area contributed by atoms with Gasteiger partial charge in [-0.25, -0.2) is 5.10 Å². The summed E-state index contributed by atoms with van der Waals surface area (Å²) in [5.74, 6) is 0.783. The summed E-state index contributed by atoms with van der Waals surface area (Å²) in [6.07, 6.45) is 0. The van der Waals surface area contributed by atoms with Crippen LogP contribution in [0.5, 0.6) is 5.75 Å². The molecule has 2 aromatic rings. The van der Waals surface area contributed by atoms with Crippen LogP contribution in [-0.2, 0) is 0 Å². The molecule has 3 N–H and O–H groups in total. The molecule has 0 atom stereocenters. The average molecular weight is 275 g/mol. The Kier molecular flexibility index (Phi) is 3.91. The highest BCUT2D eigenvalue weighted by atomic mass is 32.1. The van der Waals surface area contributed by atoms with Gasteiger partial charge in [0, 0.05) is 5.56 Å². The van der Waals surface area contributed by atoms with E-state index < -0.39 is 0 Å². The highest BCUT2D eigenvalue weighted by Gasteiger charge is 2.07. The molecule has 19 heavy (non-hydrogen) atoms. The van der Waals surface area contributed by atoms with E-state index in [1.54, 1.807) is 6.07 Å². The quantitative estimate of drug-likeness (QED) is 0.826. The number of nitrogens with one attached hydrogen (secondary N) is 1. The number of hydrogen-bond acceptors (Lipinski definition) is 4. The molecule has 5 nitrogen and oxygen atoms in total. The van der Waals surface area contributed by atoms with Crippen LogP contribution in [0.4, 0.5) is 0 Å². The van der Waals surface area contributed by atoms with Crippen molar-refractivity contribution >= 4 is 17.2 Å². The normalized spacial score (nSPS) is 10.2. The highest BCUT2D eigenvalue weighted by Crippen LogP contribution is 2.20. The van der Waals surface area contributed by atoms with Crippen molar-refractivity contribution in [3.05, 3.63) is 46.2 Å². The summed E-state index contributed by atoms with van der Waals surface area (Å²) < 4.78 is 5.36. The molecule has 1 heterocycles. The smallest absolute Gasteiger partial charge is 0.274 e. The number of aromatic nitrogens is 2. The molecule has 0 bridgehead atoms. The SMILES string of the molecule is CCOc1ccc(-c2cc(C(N)=S)c(=O)[nH]n2)cc1. The molecule has 0 saturated carbocycles. The lowest BCUT2D eigenvalue weighted by molar-refractivity contribution is 0.340. The number of nitrogens with zero attached hydrogens (tertiary/aromatic N) is 1. The van der Waals surface area contributed by atoms with Crippen LogP contribution in [0.15, 0.2) is 35.1 Å². The van der Waals surface area contributed by atoms with Crippen LogP contribution in [0.3, 0.4) is 0 Å². The second-order valence-corrected chi connectivity index (χ2v) is 4.26. The molecule has 0 radical (unpaired) electrons. The highest BCUT2D eigenvalue weighted by molar-refractivity contribution is 7.80. The van der Waals surface area contributed by atoms with Gasteiger partial charge in [0.15, 0.2) is 0 Å². The molecule has 6 heteroatoms. The first-order valence-electron chi connectivity index (χ1n) is 5.74. The van der Waals surface area contributed by atoms with E-state index in [9.17, 15) is 4.79 Å². The van der Waals surface area contributed by atoms with Crippen molar-refractivity contribution in [1.29, 1.82) is 0 Å². The molecule has 0 amide bonds. The average Bonchev–Trinajstić information content (AvgIpc) is 2.40. The van der Waals surface area contributed by atoms with Crippen LogP contribution in [0.1, 0.15) is 12.5 Å². The lowest BCUT2D eigenvalue weighted by Gasteiger charge is -2.05. The lowest BCUT2D eigenvalue weighted by atomic mass is 10.1. The van der Waals surface area contributed by atoms with Crippen molar-refractivity contribution in [1.82, 2.24) is 10.2 Å². The van der Waals surface area contributed by atoms with E-state index in [2.05, 4.69) is 10.2 Å². The number of H-pyrrole nitrogens is 1. The van der Waals surface area contributed by atoms with Gasteiger partial charge in [0.25, 0.3) is 5.56 Å². The van der Waals surface area contributed by atoms with Crippen LogP contribution >= 0.6 is 12.2 Å². The number of hydrogen-bond donors (Lipinski definition) is 2. The molecule has 98 valence electrons. The third-order valence-electron chi connectivity index (χ3n) is 2.53. The molecule has 0 fully saturated rings. The van der Waals surface area contributed by atoms with Crippen LogP contribution in [0.25, 0.3) is 11.3 Å². The minimum absolute atomic E-state index is 0.0517. The molecule has 0 aliphatic carbocycles. The van der Waals surface area contributed by atoms with E-state index in [0.29, 0.717) is 12.3 Å². The largest absolute Gasteiger partial charge is 0.494 e. The molecule has 0 aliphatic heterocycles. The maximum Gasteiger partial charge on any atom is 0.274 e. The van der Waals surface area contributed by atoms with Crippen LogP contribution in [-0.4, -0.2) is 21.8 Å². The van der Waals surface area contributed by atoms with Gasteiger partial charge in [0.05, 0.1) is 17.9 Å². The number of rotatable bonds is 4. The summed E-state index contributed by atoms with van der Waals surface area (Å²) >= 11 is 4.82. The van der Waals surface area contributed by atoms with Gasteiger partial charge in [-0.3, -0.25) is 4.79 Å².